The van der Waals surface area contributed by atoms with Gasteiger partial charge in [-0.25, -0.2) is 4.79 Å². The minimum Gasteiger partial charge on any atom is -0.453 e. The molecule has 0 radical (unpaired) electrons. The van der Waals surface area contributed by atoms with E-state index < -0.39 is 28.2 Å². The molecule has 23 heavy (non-hydrogen) atoms. The quantitative estimate of drug-likeness (QED) is 0.654. The lowest BCUT2D eigenvalue weighted by molar-refractivity contribution is -0.0793. The van der Waals surface area contributed by atoms with Crippen molar-refractivity contribution in [1.82, 2.24) is 4.31 Å². The van der Waals surface area contributed by atoms with Gasteiger partial charge in [-0.05, 0) is 31.5 Å². The van der Waals surface area contributed by atoms with Gasteiger partial charge < -0.3 is 14.2 Å². The highest BCUT2D eigenvalue weighted by molar-refractivity contribution is 7.83. The summed E-state index contributed by atoms with van der Waals surface area (Å²) in [4.78, 5) is 11.3. The molecule has 0 spiro atoms. The van der Waals surface area contributed by atoms with Gasteiger partial charge in [-0.1, -0.05) is 6.07 Å². The molecule has 1 aromatic rings. The fraction of sp³-hybridized carbons (Fsp3) is 0.500. The van der Waals surface area contributed by atoms with Crippen molar-refractivity contribution in [3.63, 3.8) is 0 Å². The summed E-state index contributed by atoms with van der Waals surface area (Å²) in [6, 6.07) is 5.11. The van der Waals surface area contributed by atoms with Crippen molar-refractivity contribution in [2.45, 2.75) is 32.1 Å². The first-order valence-corrected chi connectivity index (χ1v) is 8.19. The Hall–Kier alpha value is -1.84. The average Bonchev–Trinajstić information content (AvgIpc) is 2.69. The molecule has 0 amide bonds. The second-order valence-electron chi connectivity index (χ2n) is 5.81. The van der Waals surface area contributed by atoms with Crippen molar-refractivity contribution in [2.24, 2.45) is 0 Å². The predicted octanol–water partition coefficient (Wildman–Crippen LogP) is 1.70. The van der Waals surface area contributed by atoms with Crippen LogP contribution in [0.3, 0.4) is 0 Å². The van der Waals surface area contributed by atoms with E-state index in [2.05, 4.69) is 4.74 Å². The second-order valence-corrected chi connectivity index (χ2v) is 7.33. The van der Waals surface area contributed by atoms with Gasteiger partial charge in [0.2, 0.25) is 0 Å². The van der Waals surface area contributed by atoms with E-state index in [9.17, 15) is 13.2 Å². The number of methoxy groups -OCH3 is 1. The molecule has 8 nitrogen and oxygen atoms in total. The number of carbonyl (C=O) groups is 1. The number of nitrogens with zero attached hydrogens (tertiary/aromatic N) is 1. The molecule has 1 N–H and O–H groups in total. The third kappa shape index (κ3) is 3.57. The molecule has 0 aliphatic carbocycles. The monoisotopic (exact) mass is 345 g/mol. The average molecular weight is 345 g/mol. The number of benzene rings is 1. The Labute approximate surface area is 134 Å². The van der Waals surface area contributed by atoms with E-state index in [0.717, 1.165) is 9.87 Å². The van der Waals surface area contributed by atoms with Crippen molar-refractivity contribution in [3.05, 3.63) is 29.3 Å². The maximum atomic E-state index is 11.3. The number of fused-ring (bicyclic) bond motifs is 1. The number of rotatable bonds is 4. The van der Waals surface area contributed by atoms with Gasteiger partial charge in [0.25, 0.3) is 6.29 Å². The van der Waals surface area contributed by atoms with E-state index in [4.69, 9.17) is 14.0 Å². The van der Waals surface area contributed by atoms with E-state index >= 15 is 0 Å². The molecule has 1 aliphatic heterocycles. The molecule has 0 aromatic heterocycles. The minimum absolute atomic E-state index is 0.00468. The van der Waals surface area contributed by atoms with Crippen LogP contribution >= 0.6 is 0 Å². The smallest absolute Gasteiger partial charge is 0.453 e. The van der Waals surface area contributed by atoms with Crippen molar-refractivity contribution >= 4 is 16.5 Å². The van der Waals surface area contributed by atoms with E-state index in [0.29, 0.717) is 11.3 Å². The summed E-state index contributed by atoms with van der Waals surface area (Å²) in [5, 5.41) is 0. The first-order valence-electron chi connectivity index (χ1n) is 6.79. The molecule has 9 heteroatoms. The van der Waals surface area contributed by atoms with Gasteiger partial charge in [0.15, 0.2) is 0 Å². The van der Waals surface area contributed by atoms with Crippen LogP contribution in [0.5, 0.6) is 5.75 Å². The molecule has 0 bridgehead atoms. The van der Waals surface area contributed by atoms with Crippen molar-refractivity contribution in [3.8, 4) is 5.75 Å². The zero-order chi connectivity index (χ0) is 17.4. The Kier molecular flexibility index (Phi) is 4.56. The highest BCUT2D eigenvalue weighted by Gasteiger charge is 2.44. The molecule has 1 atom stereocenters. The minimum atomic E-state index is -4.26. The van der Waals surface area contributed by atoms with Gasteiger partial charge >= 0.3 is 16.5 Å². The van der Waals surface area contributed by atoms with Gasteiger partial charge in [-0.3, -0.25) is 4.55 Å². The third-order valence-electron chi connectivity index (χ3n) is 3.73. The SMILES string of the molecule is COC(=O)OC1Oc2ccc(CN(C)S(=O)(=O)O)cc2C1(C)C. The summed E-state index contributed by atoms with van der Waals surface area (Å²) < 4.78 is 47.2. The van der Waals surface area contributed by atoms with Crippen molar-refractivity contribution < 1.29 is 32.0 Å². The van der Waals surface area contributed by atoms with E-state index in [1.807, 2.05) is 13.8 Å². The molecule has 0 saturated carbocycles. The van der Waals surface area contributed by atoms with E-state index in [1.165, 1.54) is 14.2 Å². The Morgan fingerprint density at radius 1 is 1.43 bits per heavy atom. The lowest BCUT2D eigenvalue weighted by atomic mass is 9.84. The fourth-order valence-corrected chi connectivity index (χ4v) is 2.63. The van der Waals surface area contributed by atoms with Crippen LogP contribution in [0.15, 0.2) is 18.2 Å². The first-order chi connectivity index (χ1) is 10.6. The molecule has 1 aliphatic rings. The number of hydrogen-bond donors (Lipinski definition) is 1. The lowest BCUT2D eigenvalue weighted by Crippen LogP contribution is -2.36. The van der Waals surface area contributed by atoms with E-state index in [1.54, 1.807) is 18.2 Å². The molecule has 1 heterocycles. The number of ether oxygens (including phenoxy) is 3. The molecular formula is C14H19NO7S. The summed E-state index contributed by atoms with van der Waals surface area (Å²) in [6.07, 6.45) is -1.69. The summed E-state index contributed by atoms with van der Waals surface area (Å²) in [5.74, 6) is 0.544. The molecule has 1 aromatic carbocycles. The third-order valence-corrected chi connectivity index (χ3v) is 4.65. The summed E-state index contributed by atoms with van der Waals surface area (Å²) in [6.45, 7) is 3.68. The molecule has 0 saturated heterocycles. The number of carbonyl (C=O) groups excluding carboxylic acids is 1. The van der Waals surface area contributed by atoms with E-state index in [-0.39, 0.29) is 6.54 Å². The Bertz CT molecular complexity index is 714. The van der Waals surface area contributed by atoms with Crippen LogP contribution in [0.1, 0.15) is 25.0 Å². The summed E-state index contributed by atoms with van der Waals surface area (Å²) >= 11 is 0. The lowest BCUT2D eigenvalue weighted by Gasteiger charge is -2.24. The van der Waals surface area contributed by atoms with Crippen LogP contribution in [-0.2, 0) is 31.7 Å². The first kappa shape index (κ1) is 17.5. The zero-order valence-electron chi connectivity index (χ0n) is 13.3. The van der Waals surface area contributed by atoms with Gasteiger partial charge in [0.1, 0.15) is 5.75 Å². The molecule has 1 unspecified atom stereocenters. The van der Waals surface area contributed by atoms with Crippen molar-refractivity contribution in [2.75, 3.05) is 14.2 Å². The van der Waals surface area contributed by atoms with Gasteiger partial charge in [-0.2, -0.15) is 12.7 Å². The fourth-order valence-electron chi connectivity index (χ4n) is 2.32. The van der Waals surface area contributed by atoms with Crippen LogP contribution in [0.2, 0.25) is 0 Å². The number of hydrogen-bond acceptors (Lipinski definition) is 6. The topological polar surface area (TPSA) is 102 Å². The van der Waals surface area contributed by atoms with Gasteiger partial charge in [-0.15, -0.1) is 0 Å². The van der Waals surface area contributed by atoms with Gasteiger partial charge in [0, 0.05) is 19.2 Å². The zero-order valence-corrected chi connectivity index (χ0v) is 14.1. The maximum Gasteiger partial charge on any atom is 0.511 e. The normalized spacial score (nSPS) is 19.1. The van der Waals surface area contributed by atoms with Crippen LogP contribution in [0.4, 0.5) is 4.79 Å². The van der Waals surface area contributed by atoms with Crippen LogP contribution in [0.25, 0.3) is 0 Å². The Morgan fingerprint density at radius 3 is 2.65 bits per heavy atom. The van der Waals surface area contributed by atoms with Crippen LogP contribution in [-0.4, -0.2) is 43.9 Å². The Morgan fingerprint density at radius 2 is 2.09 bits per heavy atom. The molecule has 0 fully saturated rings. The van der Waals surface area contributed by atoms with Crippen LogP contribution in [0, 0.1) is 0 Å². The molecule has 2 rings (SSSR count). The predicted molar refractivity (Wildman–Crippen MR) is 80.4 cm³/mol. The standard InChI is InChI=1S/C14H19NO7S/c1-14(2)10-7-9(8-15(3)23(17,18)19)5-6-11(10)21-12(14)22-13(16)20-4/h5-7,12H,8H2,1-4H3,(H,17,18,19). The summed E-state index contributed by atoms with van der Waals surface area (Å²) in [7, 11) is -1.78. The maximum absolute atomic E-state index is 11.3. The highest BCUT2D eigenvalue weighted by Crippen LogP contribution is 2.43. The molecule has 128 valence electrons. The van der Waals surface area contributed by atoms with Gasteiger partial charge in [0.05, 0.1) is 12.5 Å². The summed E-state index contributed by atoms with van der Waals surface area (Å²) in [5.41, 5.74) is 0.794. The molecular weight excluding hydrogens is 326 g/mol. The second kappa shape index (κ2) is 5.99. The largest absolute Gasteiger partial charge is 0.511 e. The highest BCUT2D eigenvalue weighted by atomic mass is 32.2. The Balaban J connectivity index is 2.26. The van der Waals surface area contributed by atoms with Crippen LogP contribution < -0.4 is 4.74 Å². The van der Waals surface area contributed by atoms with Crippen molar-refractivity contribution in [1.29, 1.82) is 0 Å².